The van der Waals surface area contributed by atoms with E-state index in [1.54, 1.807) is 0 Å². The first-order valence-electron chi connectivity index (χ1n) is 6.67. The van der Waals surface area contributed by atoms with E-state index in [1.807, 2.05) is 26.8 Å². The molecule has 1 rings (SSSR count). The molecule has 0 spiro atoms. The van der Waals surface area contributed by atoms with Gasteiger partial charge in [0, 0.05) is 6.16 Å². The van der Waals surface area contributed by atoms with Crippen LogP contribution in [-0.2, 0) is 9.30 Å². The Morgan fingerprint density at radius 1 is 1.58 bits per heavy atom. The lowest BCUT2D eigenvalue weighted by atomic mass is 10.1. The van der Waals surface area contributed by atoms with E-state index in [4.69, 9.17) is 9.63 Å². The highest BCUT2D eigenvalue weighted by Gasteiger charge is 2.21. The molecular weight excluding hydrogens is 265 g/mol. The van der Waals surface area contributed by atoms with E-state index in [2.05, 4.69) is 5.32 Å². The lowest BCUT2D eigenvalue weighted by molar-refractivity contribution is 0.0514. The molecule has 0 aromatic rings. The van der Waals surface area contributed by atoms with Crippen LogP contribution in [0.1, 0.15) is 46.5 Å². The van der Waals surface area contributed by atoms with Crippen molar-refractivity contribution >= 4 is 14.1 Å². The van der Waals surface area contributed by atoms with Gasteiger partial charge in [-0.1, -0.05) is 11.6 Å². The smallest absolute Gasteiger partial charge is 0.408 e. The molecule has 2 unspecified atom stereocenters. The molecule has 0 heterocycles. The first-order valence-corrected chi connectivity index (χ1v) is 8.23. The van der Waals surface area contributed by atoms with Gasteiger partial charge in [-0.3, -0.25) is 4.57 Å². The predicted octanol–water partition coefficient (Wildman–Crippen LogP) is 2.85. The van der Waals surface area contributed by atoms with Crippen LogP contribution in [0.4, 0.5) is 4.79 Å². The summed E-state index contributed by atoms with van der Waals surface area (Å²) in [5.74, 6) is 0. The van der Waals surface area contributed by atoms with Crippen LogP contribution in [0.3, 0.4) is 0 Å². The highest BCUT2D eigenvalue weighted by Crippen LogP contribution is 2.25. The third-order valence-corrected chi connectivity index (χ3v) is 3.59. The first-order chi connectivity index (χ1) is 8.76. The van der Waals surface area contributed by atoms with Crippen LogP contribution in [0.2, 0.25) is 0 Å². The zero-order chi connectivity index (χ0) is 14.5. The summed E-state index contributed by atoms with van der Waals surface area (Å²) in [7, 11) is -2.35. The molecule has 0 fully saturated rings. The monoisotopic (exact) mass is 289 g/mol. The summed E-state index contributed by atoms with van der Waals surface area (Å²) in [5, 5.41) is 2.82. The molecule has 1 aliphatic rings. The van der Waals surface area contributed by atoms with E-state index in [1.165, 1.54) is 5.57 Å². The molecule has 0 saturated heterocycles. The molecule has 2 N–H and O–H groups in total. The van der Waals surface area contributed by atoms with E-state index in [0.717, 1.165) is 25.7 Å². The number of hydrogen-bond donors (Lipinski definition) is 2. The molecule has 110 valence electrons. The van der Waals surface area contributed by atoms with Gasteiger partial charge in [0.2, 0.25) is 0 Å². The second kappa shape index (κ2) is 7.11. The van der Waals surface area contributed by atoms with Crippen LogP contribution >= 0.6 is 8.03 Å². The zero-order valence-electron chi connectivity index (χ0n) is 11.9. The van der Waals surface area contributed by atoms with Crippen molar-refractivity contribution in [3.8, 4) is 0 Å². The molecule has 5 nitrogen and oxygen atoms in total. The van der Waals surface area contributed by atoms with Crippen LogP contribution in [0.25, 0.3) is 0 Å². The Labute approximate surface area is 115 Å². The number of carbonyl (C=O) groups excluding carboxylic acids is 1. The Morgan fingerprint density at radius 2 is 2.26 bits per heavy atom. The SMILES string of the molecule is CC(C)(C)OC(=O)NC1C=C(CCC[PH](=O)O)CC1. The number of ether oxygens (including phenoxy) is 1. The normalized spacial score (nSPS) is 20.8. The average molecular weight is 289 g/mol. The van der Waals surface area contributed by atoms with E-state index in [-0.39, 0.29) is 6.04 Å². The molecule has 1 aliphatic carbocycles. The van der Waals surface area contributed by atoms with Gasteiger partial charge >= 0.3 is 6.09 Å². The van der Waals surface area contributed by atoms with Crippen molar-refractivity contribution in [1.29, 1.82) is 0 Å². The van der Waals surface area contributed by atoms with Gasteiger partial charge in [-0.25, -0.2) is 4.79 Å². The molecule has 2 atom stereocenters. The summed E-state index contributed by atoms with van der Waals surface area (Å²) in [6.07, 6.45) is 5.42. The third kappa shape index (κ3) is 7.38. The summed E-state index contributed by atoms with van der Waals surface area (Å²) in [6, 6.07) is 0.0241. The van der Waals surface area contributed by atoms with Gasteiger partial charge in [-0.15, -0.1) is 0 Å². The Bertz CT molecular complexity index is 373. The fourth-order valence-corrected chi connectivity index (χ4v) is 2.52. The second-order valence-corrected chi connectivity index (χ2v) is 7.15. The Hall–Kier alpha value is -0.800. The van der Waals surface area contributed by atoms with Crippen LogP contribution < -0.4 is 5.32 Å². The van der Waals surface area contributed by atoms with Crippen LogP contribution in [-0.4, -0.2) is 28.8 Å². The van der Waals surface area contributed by atoms with E-state index < -0.39 is 19.7 Å². The fraction of sp³-hybridized carbons (Fsp3) is 0.769. The van der Waals surface area contributed by atoms with Gasteiger partial charge in [0.15, 0.2) is 8.03 Å². The number of hydrogen-bond acceptors (Lipinski definition) is 3. The Kier molecular flexibility index (Phi) is 6.08. The van der Waals surface area contributed by atoms with Gasteiger partial charge < -0.3 is 14.9 Å². The molecule has 0 aromatic carbocycles. The first kappa shape index (κ1) is 16.3. The second-order valence-electron chi connectivity index (χ2n) is 5.86. The maximum absolute atomic E-state index is 11.6. The quantitative estimate of drug-likeness (QED) is 0.603. The summed E-state index contributed by atoms with van der Waals surface area (Å²) in [6.45, 7) is 5.50. The topological polar surface area (TPSA) is 75.6 Å². The third-order valence-electron chi connectivity index (χ3n) is 2.80. The lowest BCUT2D eigenvalue weighted by Crippen LogP contribution is -2.37. The fourth-order valence-electron chi connectivity index (χ4n) is 2.04. The minimum Gasteiger partial charge on any atom is -0.444 e. The number of rotatable bonds is 5. The summed E-state index contributed by atoms with van der Waals surface area (Å²) in [4.78, 5) is 20.4. The van der Waals surface area contributed by atoms with Gasteiger partial charge in [-0.05, 0) is 46.5 Å². The highest BCUT2D eigenvalue weighted by molar-refractivity contribution is 7.37. The molecule has 0 saturated carbocycles. The van der Waals surface area contributed by atoms with Gasteiger partial charge in [0.1, 0.15) is 5.60 Å². The van der Waals surface area contributed by atoms with Crippen molar-refractivity contribution in [2.24, 2.45) is 0 Å². The molecule has 0 radical (unpaired) electrons. The van der Waals surface area contributed by atoms with Crippen molar-refractivity contribution in [3.05, 3.63) is 11.6 Å². The summed E-state index contributed by atoms with van der Waals surface area (Å²) >= 11 is 0. The number of nitrogens with one attached hydrogen (secondary N) is 1. The lowest BCUT2D eigenvalue weighted by Gasteiger charge is -2.21. The largest absolute Gasteiger partial charge is 0.444 e. The highest BCUT2D eigenvalue weighted by atomic mass is 31.1. The molecule has 1 amide bonds. The molecule has 6 heteroatoms. The van der Waals surface area contributed by atoms with Crippen molar-refractivity contribution in [2.45, 2.75) is 58.1 Å². The number of alkyl carbamates (subject to hydrolysis) is 1. The molecule has 0 aliphatic heterocycles. The van der Waals surface area contributed by atoms with Crippen LogP contribution in [0, 0.1) is 0 Å². The van der Waals surface area contributed by atoms with Gasteiger partial charge in [0.25, 0.3) is 0 Å². The maximum atomic E-state index is 11.6. The summed E-state index contributed by atoms with van der Waals surface area (Å²) in [5.41, 5.74) is 0.771. The van der Waals surface area contributed by atoms with Crippen molar-refractivity contribution in [3.63, 3.8) is 0 Å². The maximum Gasteiger partial charge on any atom is 0.408 e. The van der Waals surface area contributed by atoms with Crippen molar-refractivity contribution in [1.82, 2.24) is 5.32 Å². The van der Waals surface area contributed by atoms with E-state index >= 15 is 0 Å². The zero-order valence-corrected chi connectivity index (χ0v) is 12.9. The Balaban J connectivity index is 2.31. The molecular formula is C13H24NO4P. The van der Waals surface area contributed by atoms with Gasteiger partial charge in [0.05, 0.1) is 6.04 Å². The predicted molar refractivity (Wildman–Crippen MR) is 75.8 cm³/mol. The Morgan fingerprint density at radius 3 is 2.84 bits per heavy atom. The minimum absolute atomic E-state index is 0.0241. The van der Waals surface area contributed by atoms with Crippen LogP contribution in [0.5, 0.6) is 0 Å². The van der Waals surface area contributed by atoms with E-state index in [9.17, 15) is 9.36 Å². The average Bonchev–Trinajstić information content (AvgIpc) is 2.61. The van der Waals surface area contributed by atoms with Crippen molar-refractivity contribution < 1.29 is 19.0 Å². The number of allylic oxidation sites excluding steroid dienone is 1. The summed E-state index contributed by atoms with van der Waals surface area (Å²) < 4.78 is 15.8. The minimum atomic E-state index is -2.35. The number of carbonyl (C=O) groups is 1. The standard InChI is InChI=1S/C13H24NO4P/c1-13(2,3)18-12(15)14-11-7-6-10(9-11)5-4-8-19(16)17/h9,11,19H,4-8H2,1-3H3,(H,14,15)(H,16,17). The molecule has 0 aromatic heterocycles. The van der Waals surface area contributed by atoms with Gasteiger partial charge in [-0.2, -0.15) is 0 Å². The van der Waals surface area contributed by atoms with E-state index in [0.29, 0.717) is 6.16 Å². The molecule has 19 heavy (non-hydrogen) atoms. The van der Waals surface area contributed by atoms with Crippen LogP contribution in [0.15, 0.2) is 11.6 Å². The number of amides is 1. The van der Waals surface area contributed by atoms with Crippen molar-refractivity contribution in [2.75, 3.05) is 6.16 Å². The molecule has 0 bridgehead atoms.